The van der Waals surface area contributed by atoms with Gasteiger partial charge in [-0.25, -0.2) is 0 Å². The molecule has 1 aromatic rings. The Kier molecular flexibility index (Phi) is 6.02. The second-order valence-electron chi connectivity index (χ2n) is 5.65. The van der Waals surface area contributed by atoms with Gasteiger partial charge in [-0.2, -0.15) is 0 Å². The summed E-state index contributed by atoms with van der Waals surface area (Å²) in [7, 11) is 2.16. The maximum atomic E-state index is 6.38. The molecule has 3 atom stereocenters. The molecule has 112 valence electrons. The molecule has 1 heterocycles. The van der Waals surface area contributed by atoms with E-state index in [1.165, 1.54) is 12.0 Å². The second kappa shape index (κ2) is 7.55. The zero-order valence-electron chi connectivity index (χ0n) is 12.4. The largest absolute Gasteiger partial charge is 0.377 e. The standard InChI is InChI=1S/C16H25BrN2O/c1-3-15(18)16(12-6-4-7-13(17)10-12)19(2)11-14-8-5-9-20-14/h4,6-7,10,14-16H,3,5,8-9,11,18H2,1-2H3. The van der Waals surface area contributed by atoms with Crippen LogP contribution in [0.3, 0.4) is 0 Å². The average Bonchev–Trinajstić information content (AvgIpc) is 2.91. The highest BCUT2D eigenvalue weighted by atomic mass is 79.9. The van der Waals surface area contributed by atoms with Crippen molar-refractivity contribution >= 4 is 15.9 Å². The van der Waals surface area contributed by atoms with Gasteiger partial charge in [-0.15, -0.1) is 0 Å². The molecule has 1 aliphatic heterocycles. The SMILES string of the molecule is CCC(N)C(c1cccc(Br)c1)N(C)CC1CCCO1. The molecule has 0 bridgehead atoms. The van der Waals surface area contributed by atoms with Crippen molar-refractivity contribution in [1.29, 1.82) is 0 Å². The van der Waals surface area contributed by atoms with Crippen molar-refractivity contribution in [3.63, 3.8) is 0 Å². The minimum atomic E-state index is 0.135. The summed E-state index contributed by atoms with van der Waals surface area (Å²) in [4.78, 5) is 2.35. The van der Waals surface area contributed by atoms with E-state index < -0.39 is 0 Å². The van der Waals surface area contributed by atoms with E-state index in [2.05, 4.69) is 59.1 Å². The summed E-state index contributed by atoms with van der Waals surface area (Å²) in [6.07, 6.45) is 3.67. The summed E-state index contributed by atoms with van der Waals surface area (Å²) in [6, 6.07) is 8.84. The Morgan fingerprint density at radius 2 is 2.30 bits per heavy atom. The molecule has 0 saturated carbocycles. The van der Waals surface area contributed by atoms with Gasteiger partial charge in [0.15, 0.2) is 0 Å². The highest BCUT2D eigenvalue weighted by molar-refractivity contribution is 9.10. The van der Waals surface area contributed by atoms with Gasteiger partial charge in [-0.05, 0) is 44.0 Å². The van der Waals surface area contributed by atoms with Gasteiger partial charge >= 0.3 is 0 Å². The quantitative estimate of drug-likeness (QED) is 0.863. The fraction of sp³-hybridized carbons (Fsp3) is 0.625. The molecule has 1 saturated heterocycles. The van der Waals surface area contributed by atoms with Crippen LogP contribution in [0.2, 0.25) is 0 Å². The summed E-state index contributed by atoms with van der Waals surface area (Å²) in [5, 5.41) is 0. The Morgan fingerprint density at radius 1 is 1.50 bits per heavy atom. The molecule has 0 radical (unpaired) electrons. The molecular weight excluding hydrogens is 316 g/mol. The lowest BCUT2D eigenvalue weighted by atomic mass is 9.96. The Morgan fingerprint density at radius 3 is 2.90 bits per heavy atom. The molecule has 0 spiro atoms. The van der Waals surface area contributed by atoms with Gasteiger partial charge < -0.3 is 10.5 Å². The van der Waals surface area contributed by atoms with Crippen molar-refractivity contribution in [1.82, 2.24) is 4.90 Å². The minimum Gasteiger partial charge on any atom is -0.377 e. The molecule has 2 N–H and O–H groups in total. The summed E-state index contributed by atoms with van der Waals surface area (Å²) in [5.41, 5.74) is 7.65. The zero-order valence-corrected chi connectivity index (χ0v) is 14.0. The minimum absolute atomic E-state index is 0.135. The Bertz CT molecular complexity index is 421. The fourth-order valence-electron chi connectivity index (χ4n) is 2.97. The van der Waals surface area contributed by atoms with Crippen LogP contribution in [-0.4, -0.2) is 37.2 Å². The number of ether oxygens (including phenoxy) is 1. The van der Waals surface area contributed by atoms with Crippen LogP contribution in [0.15, 0.2) is 28.7 Å². The van der Waals surface area contributed by atoms with Crippen LogP contribution < -0.4 is 5.73 Å². The number of rotatable bonds is 6. The normalized spacial score (nSPS) is 22.1. The van der Waals surface area contributed by atoms with Crippen molar-refractivity contribution in [3.05, 3.63) is 34.3 Å². The molecule has 1 aliphatic rings. The van der Waals surface area contributed by atoms with E-state index in [4.69, 9.17) is 10.5 Å². The van der Waals surface area contributed by atoms with Crippen LogP contribution >= 0.6 is 15.9 Å². The van der Waals surface area contributed by atoms with E-state index in [1.54, 1.807) is 0 Å². The summed E-state index contributed by atoms with van der Waals surface area (Å²) in [6.45, 7) is 4.00. The first-order chi connectivity index (χ1) is 9.61. The molecule has 4 heteroatoms. The van der Waals surface area contributed by atoms with Crippen molar-refractivity contribution in [2.24, 2.45) is 5.73 Å². The van der Waals surface area contributed by atoms with E-state index >= 15 is 0 Å². The van der Waals surface area contributed by atoms with Gasteiger partial charge in [0.2, 0.25) is 0 Å². The zero-order chi connectivity index (χ0) is 14.5. The maximum absolute atomic E-state index is 6.38. The third kappa shape index (κ3) is 4.04. The second-order valence-corrected chi connectivity index (χ2v) is 6.56. The number of benzene rings is 1. The van der Waals surface area contributed by atoms with Gasteiger partial charge in [0.1, 0.15) is 0 Å². The van der Waals surface area contributed by atoms with Crippen molar-refractivity contribution < 1.29 is 4.74 Å². The summed E-state index contributed by atoms with van der Waals surface area (Å²) >= 11 is 3.55. The molecule has 1 fully saturated rings. The van der Waals surface area contributed by atoms with Crippen molar-refractivity contribution in [2.75, 3.05) is 20.2 Å². The number of halogens is 1. The van der Waals surface area contributed by atoms with Crippen molar-refractivity contribution in [3.8, 4) is 0 Å². The molecule has 1 aromatic carbocycles. The van der Waals surface area contributed by atoms with Gasteiger partial charge in [0.05, 0.1) is 6.10 Å². The average molecular weight is 341 g/mol. The number of nitrogens with zero attached hydrogens (tertiary/aromatic N) is 1. The molecule has 0 aliphatic carbocycles. The van der Waals surface area contributed by atoms with Gasteiger partial charge in [0.25, 0.3) is 0 Å². The third-order valence-corrected chi connectivity index (χ3v) is 4.55. The third-order valence-electron chi connectivity index (χ3n) is 4.06. The van der Waals surface area contributed by atoms with E-state index in [-0.39, 0.29) is 12.1 Å². The smallest absolute Gasteiger partial charge is 0.0702 e. The highest BCUT2D eigenvalue weighted by Crippen LogP contribution is 2.27. The number of likely N-dealkylation sites (N-methyl/N-ethyl adjacent to an activating group) is 1. The number of nitrogens with two attached hydrogens (primary N) is 1. The Hall–Kier alpha value is -0.420. The van der Waals surface area contributed by atoms with Crippen LogP contribution in [0.4, 0.5) is 0 Å². The molecule has 2 rings (SSSR count). The monoisotopic (exact) mass is 340 g/mol. The first-order valence-electron chi connectivity index (χ1n) is 7.44. The lowest BCUT2D eigenvalue weighted by Crippen LogP contribution is -2.41. The van der Waals surface area contributed by atoms with E-state index in [0.29, 0.717) is 6.10 Å². The van der Waals surface area contributed by atoms with Gasteiger partial charge in [-0.3, -0.25) is 4.90 Å². The van der Waals surface area contributed by atoms with Crippen LogP contribution in [0.25, 0.3) is 0 Å². The van der Waals surface area contributed by atoms with Crippen LogP contribution in [0.5, 0.6) is 0 Å². The Balaban J connectivity index is 2.13. The predicted molar refractivity (Wildman–Crippen MR) is 86.8 cm³/mol. The highest BCUT2D eigenvalue weighted by Gasteiger charge is 2.26. The molecular formula is C16H25BrN2O. The molecule has 0 aromatic heterocycles. The van der Waals surface area contributed by atoms with Crippen LogP contribution in [0.1, 0.15) is 37.8 Å². The van der Waals surface area contributed by atoms with Crippen molar-refractivity contribution in [2.45, 2.75) is 44.4 Å². The maximum Gasteiger partial charge on any atom is 0.0702 e. The number of hydrogen-bond acceptors (Lipinski definition) is 3. The lowest BCUT2D eigenvalue weighted by Gasteiger charge is -2.34. The van der Waals surface area contributed by atoms with E-state index in [0.717, 1.165) is 30.5 Å². The molecule has 20 heavy (non-hydrogen) atoms. The fourth-order valence-corrected chi connectivity index (χ4v) is 3.38. The van der Waals surface area contributed by atoms with E-state index in [1.807, 2.05) is 0 Å². The topological polar surface area (TPSA) is 38.5 Å². The van der Waals surface area contributed by atoms with Gasteiger partial charge in [0, 0.05) is 29.7 Å². The Labute approximate surface area is 130 Å². The molecule has 3 nitrogen and oxygen atoms in total. The first-order valence-corrected chi connectivity index (χ1v) is 8.24. The summed E-state index contributed by atoms with van der Waals surface area (Å²) in [5.74, 6) is 0. The lowest BCUT2D eigenvalue weighted by molar-refractivity contribution is 0.0628. The molecule has 3 unspecified atom stereocenters. The summed E-state index contributed by atoms with van der Waals surface area (Å²) < 4.78 is 6.86. The number of hydrogen-bond donors (Lipinski definition) is 1. The van der Waals surface area contributed by atoms with Crippen LogP contribution in [0, 0.1) is 0 Å². The van der Waals surface area contributed by atoms with E-state index in [9.17, 15) is 0 Å². The molecule has 0 amide bonds. The first kappa shape index (κ1) is 16.0. The predicted octanol–water partition coefficient (Wildman–Crippen LogP) is 3.34. The van der Waals surface area contributed by atoms with Crippen LogP contribution in [-0.2, 0) is 4.74 Å². The van der Waals surface area contributed by atoms with Gasteiger partial charge in [-0.1, -0.05) is 35.0 Å².